The molecule has 7 nitrogen and oxygen atoms in total. The van der Waals surface area contributed by atoms with Crippen LogP contribution in [-0.4, -0.2) is 64.7 Å². The van der Waals surface area contributed by atoms with Gasteiger partial charge in [-0.2, -0.15) is 0 Å². The normalized spacial score (nSPS) is 22.5. The first-order valence-electron chi connectivity index (χ1n) is 8.66. The van der Waals surface area contributed by atoms with Crippen molar-refractivity contribution >= 4 is 18.3 Å². The molecule has 0 spiro atoms. The minimum Gasteiger partial charge on any atom is -0.377 e. The summed E-state index contributed by atoms with van der Waals surface area (Å²) < 4.78 is 7.42. The number of nitrogens with one attached hydrogen (secondary N) is 1. The van der Waals surface area contributed by atoms with Gasteiger partial charge in [0.1, 0.15) is 0 Å². The average molecular weight is 358 g/mol. The number of morpholine rings is 1. The summed E-state index contributed by atoms with van der Waals surface area (Å²) in [4.78, 5) is 14.7. The fraction of sp³-hybridized carbons (Fsp3) is 0.812. The quantitative estimate of drug-likeness (QED) is 0.884. The largest absolute Gasteiger partial charge is 0.377 e. The maximum Gasteiger partial charge on any atom is 0.276 e. The molecule has 0 aliphatic carbocycles. The van der Waals surface area contributed by atoms with E-state index in [4.69, 9.17) is 4.74 Å². The molecule has 0 aromatic carbocycles. The van der Waals surface area contributed by atoms with E-state index in [0.29, 0.717) is 37.4 Å². The minimum absolute atomic E-state index is 0. The van der Waals surface area contributed by atoms with E-state index in [1.165, 1.54) is 0 Å². The molecule has 2 saturated heterocycles. The smallest absolute Gasteiger partial charge is 0.276 e. The molecule has 1 atom stereocenters. The maximum absolute atomic E-state index is 12.8. The molecule has 3 heterocycles. The second kappa shape index (κ2) is 8.78. The van der Waals surface area contributed by atoms with Crippen LogP contribution in [0.3, 0.4) is 0 Å². The van der Waals surface area contributed by atoms with Gasteiger partial charge in [0.25, 0.3) is 5.91 Å². The summed E-state index contributed by atoms with van der Waals surface area (Å²) in [6, 6.07) is 0.488. The van der Waals surface area contributed by atoms with Gasteiger partial charge in [0.2, 0.25) is 0 Å². The molecule has 2 aliphatic heterocycles. The van der Waals surface area contributed by atoms with Gasteiger partial charge in [-0.3, -0.25) is 4.79 Å². The van der Waals surface area contributed by atoms with E-state index < -0.39 is 0 Å². The zero-order chi connectivity index (χ0) is 16.2. The number of aromatic nitrogens is 3. The molecule has 3 rings (SSSR count). The van der Waals surface area contributed by atoms with Crippen LogP contribution in [0, 0.1) is 5.92 Å². The van der Waals surface area contributed by atoms with Crippen LogP contribution < -0.4 is 5.32 Å². The lowest BCUT2D eigenvalue weighted by molar-refractivity contribution is -0.00776. The van der Waals surface area contributed by atoms with E-state index in [1.807, 2.05) is 15.8 Å². The van der Waals surface area contributed by atoms with Gasteiger partial charge < -0.3 is 15.0 Å². The van der Waals surface area contributed by atoms with Crippen molar-refractivity contribution < 1.29 is 9.53 Å². The van der Waals surface area contributed by atoms with E-state index >= 15 is 0 Å². The van der Waals surface area contributed by atoms with Crippen molar-refractivity contribution in [2.75, 3.05) is 32.8 Å². The van der Waals surface area contributed by atoms with Crippen LogP contribution in [0.4, 0.5) is 0 Å². The third kappa shape index (κ3) is 4.46. The van der Waals surface area contributed by atoms with Gasteiger partial charge in [-0.25, -0.2) is 4.68 Å². The molecule has 1 unspecified atom stereocenters. The molecule has 24 heavy (non-hydrogen) atoms. The lowest BCUT2D eigenvalue weighted by Gasteiger charge is -2.36. The predicted molar refractivity (Wildman–Crippen MR) is 93.5 cm³/mol. The summed E-state index contributed by atoms with van der Waals surface area (Å²) in [5.74, 6) is 0.515. The molecule has 136 valence electrons. The van der Waals surface area contributed by atoms with Gasteiger partial charge in [0.15, 0.2) is 5.69 Å². The molecule has 0 bridgehead atoms. The number of rotatable bonds is 4. The highest BCUT2D eigenvalue weighted by Gasteiger charge is 2.30. The number of amides is 1. The fourth-order valence-electron chi connectivity index (χ4n) is 3.43. The number of nitrogens with zero attached hydrogens (tertiary/aromatic N) is 4. The van der Waals surface area contributed by atoms with Gasteiger partial charge in [0, 0.05) is 6.54 Å². The molecule has 1 N–H and O–H groups in total. The van der Waals surface area contributed by atoms with Crippen LogP contribution in [0.2, 0.25) is 0 Å². The third-order valence-corrected chi connectivity index (χ3v) is 4.64. The highest BCUT2D eigenvalue weighted by Crippen LogP contribution is 2.20. The van der Waals surface area contributed by atoms with Crippen molar-refractivity contribution in [2.24, 2.45) is 5.92 Å². The Balaban J connectivity index is 0.00000208. The number of halogens is 1. The Kier molecular flexibility index (Phi) is 7.01. The summed E-state index contributed by atoms with van der Waals surface area (Å²) in [5.41, 5.74) is 0.458. The van der Waals surface area contributed by atoms with Crippen molar-refractivity contribution in [2.45, 2.75) is 45.2 Å². The van der Waals surface area contributed by atoms with Crippen LogP contribution in [-0.2, 0) is 4.74 Å². The van der Waals surface area contributed by atoms with Crippen molar-refractivity contribution in [3.05, 3.63) is 11.9 Å². The molecule has 1 amide bonds. The van der Waals surface area contributed by atoms with Gasteiger partial charge in [-0.1, -0.05) is 19.1 Å². The molecular formula is C16H28ClN5O2. The lowest BCUT2D eigenvalue weighted by atomic mass is 10.0. The summed E-state index contributed by atoms with van der Waals surface area (Å²) >= 11 is 0. The first-order chi connectivity index (χ1) is 11.1. The molecule has 2 fully saturated rings. The van der Waals surface area contributed by atoms with Crippen molar-refractivity contribution in [1.29, 1.82) is 0 Å². The second-order valence-corrected chi connectivity index (χ2v) is 6.92. The Bertz CT molecular complexity index is 530. The molecule has 8 heteroatoms. The van der Waals surface area contributed by atoms with Crippen LogP contribution in [0.5, 0.6) is 0 Å². The van der Waals surface area contributed by atoms with Crippen LogP contribution in [0.25, 0.3) is 0 Å². The zero-order valence-electron chi connectivity index (χ0n) is 14.5. The zero-order valence-corrected chi connectivity index (χ0v) is 15.3. The fourth-order valence-corrected chi connectivity index (χ4v) is 3.43. The summed E-state index contributed by atoms with van der Waals surface area (Å²) in [5, 5.41) is 11.7. The molecule has 1 aromatic rings. The Morgan fingerprint density at radius 2 is 2.17 bits per heavy atom. The Morgan fingerprint density at radius 3 is 2.88 bits per heavy atom. The van der Waals surface area contributed by atoms with E-state index in [9.17, 15) is 4.79 Å². The number of carbonyl (C=O) groups excluding carboxylic acids is 1. The van der Waals surface area contributed by atoms with Crippen molar-refractivity contribution in [1.82, 2.24) is 25.2 Å². The highest BCUT2D eigenvalue weighted by molar-refractivity contribution is 5.92. The van der Waals surface area contributed by atoms with Gasteiger partial charge in [-0.05, 0) is 38.3 Å². The first kappa shape index (κ1) is 19.1. The molecule has 2 aliphatic rings. The summed E-state index contributed by atoms with van der Waals surface area (Å²) in [6.07, 6.45) is 4.84. The Labute approximate surface area is 149 Å². The third-order valence-electron chi connectivity index (χ3n) is 4.64. The van der Waals surface area contributed by atoms with Crippen LogP contribution in [0.1, 0.15) is 49.6 Å². The second-order valence-electron chi connectivity index (χ2n) is 6.92. The average Bonchev–Trinajstić information content (AvgIpc) is 3.05. The summed E-state index contributed by atoms with van der Waals surface area (Å²) in [6.45, 7) is 8.18. The monoisotopic (exact) mass is 357 g/mol. The van der Waals surface area contributed by atoms with E-state index in [1.54, 1.807) is 0 Å². The maximum atomic E-state index is 12.8. The van der Waals surface area contributed by atoms with Gasteiger partial charge >= 0.3 is 0 Å². The SMILES string of the molecule is CC(C)CC1COCCN1C(=O)c1cn(C2CCNCC2)nn1.Cl. The first-order valence-corrected chi connectivity index (χ1v) is 8.66. The number of hydrogen-bond donors (Lipinski definition) is 1. The number of ether oxygens (including phenoxy) is 1. The molecule has 0 radical (unpaired) electrons. The van der Waals surface area contributed by atoms with Gasteiger partial charge in [0.05, 0.1) is 31.5 Å². The van der Waals surface area contributed by atoms with Crippen molar-refractivity contribution in [3.63, 3.8) is 0 Å². The van der Waals surface area contributed by atoms with E-state index in [0.717, 1.165) is 32.4 Å². The van der Waals surface area contributed by atoms with E-state index in [-0.39, 0.29) is 24.4 Å². The van der Waals surface area contributed by atoms with Crippen molar-refractivity contribution in [3.8, 4) is 0 Å². The number of hydrogen-bond acceptors (Lipinski definition) is 5. The topological polar surface area (TPSA) is 72.3 Å². The van der Waals surface area contributed by atoms with Gasteiger partial charge in [-0.15, -0.1) is 17.5 Å². The molecular weight excluding hydrogens is 330 g/mol. The number of carbonyl (C=O) groups is 1. The van der Waals surface area contributed by atoms with Crippen LogP contribution in [0.15, 0.2) is 6.20 Å². The molecule has 1 aromatic heterocycles. The lowest BCUT2D eigenvalue weighted by Crippen LogP contribution is -2.49. The van der Waals surface area contributed by atoms with E-state index in [2.05, 4.69) is 29.5 Å². The number of piperidine rings is 1. The Hall–Kier alpha value is -1.18. The molecule has 0 saturated carbocycles. The minimum atomic E-state index is -0.0147. The summed E-state index contributed by atoms with van der Waals surface area (Å²) in [7, 11) is 0. The van der Waals surface area contributed by atoms with Crippen LogP contribution >= 0.6 is 12.4 Å². The Morgan fingerprint density at radius 1 is 1.42 bits per heavy atom. The standard InChI is InChI=1S/C16H27N5O2.ClH/c1-12(2)9-14-11-23-8-7-20(14)16(22)15-10-21(19-18-15)13-3-5-17-6-4-13;/h10,12-14,17H,3-9,11H2,1-2H3;1H. The predicted octanol–water partition coefficient (Wildman–Crippen LogP) is 1.51. The highest BCUT2D eigenvalue weighted by atomic mass is 35.5.